The van der Waals surface area contributed by atoms with Gasteiger partial charge in [0.2, 0.25) is 0 Å². The first-order valence-corrected chi connectivity index (χ1v) is 7.81. The van der Waals surface area contributed by atoms with Crippen LogP contribution in [0.3, 0.4) is 0 Å². The number of ether oxygens (including phenoxy) is 1. The molecule has 104 valence electrons. The molecule has 0 aromatic carbocycles. The van der Waals surface area contributed by atoms with Gasteiger partial charge in [-0.15, -0.1) is 0 Å². The quantitative estimate of drug-likeness (QED) is 0.812. The molecule has 0 aromatic rings. The van der Waals surface area contributed by atoms with Crippen molar-refractivity contribution in [2.24, 2.45) is 16.7 Å². The van der Waals surface area contributed by atoms with E-state index in [1.807, 2.05) is 0 Å². The van der Waals surface area contributed by atoms with Gasteiger partial charge < -0.3 is 10.1 Å². The van der Waals surface area contributed by atoms with Gasteiger partial charge >= 0.3 is 0 Å². The summed E-state index contributed by atoms with van der Waals surface area (Å²) in [5.74, 6) is 0.942. The zero-order valence-electron chi connectivity index (χ0n) is 12.5. The molecule has 0 amide bonds. The van der Waals surface area contributed by atoms with Crippen molar-refractivity contribution in [2.75, 3.05) is 6.61 Å². The van der Waals surface area contributed by atoms with E-state index in [4.69, 9.17) is 4.74 Å². The number of fused-ring (bicyclic) bond motifs is 2. The Balaban J connectivity index is 1.68. The Morgan fingerprint density at radius 2 is 1.89 bits per heavy atom. The summed E-state index contributed by atoms with van der Waals surface area (Å²) in [5, 5.41) is 4.00. The minimum Gasteiger partial charge on any atom is -0.378 e. The Morgan fingerprint density at radius 1 is 1.11 bits per heavy atom. The second kappa shape index (κ2) is 4.21. The van der Waals surface area contributed by atoms with E-state index in [1.54, 1.807) is 0 Å². The van der Waals surface area contributed by atoms with Crippen LogP contribution < -0.4 is 5.32 Å². The van der Waals surface area contributed by atoms with Crippen LogP contribution in [-0.2, 0) is 4.74 Å². The maximum atomic E-state index is 5.66. The lowest BCUT2D eigenvalue weighted by atomic mass is 9.69. The van der Waals surface area contributed by atoms with Crippen molar-refractivity contribution >= 4 is 0 Å². The van der Waals surface area contributed by atoms with Crippen LogP contribution in [0.4, 0.5) is 0 Å². The lowest BCUT2D eigenvalue weighted by molar-refractivity contribution is 0.00506. The Hall–Kier alpha value is -0.0800. The molecule has 1 heterocycles. The van der Waals surface area contributed by atoms with Crippen LogP contribution in [0, 0.1) is 16.7 Å². The molecule has 1 N–H and O–H groups in total. The molecule has 2 bridgehead atoms. The predicted molar refractivity (Wildman–Crippen MR) is 74.6 cm³/mol. The van der Waals surface area contributed by atoms with Gasteiger partial charge in [-0.3, -0.25) is 0 Å². The van der Waals surface area contributed by atoms with Crippen LogP contribution >= 0.6 is 0 Å². The third-order valence-electron chi connectivity index (χ3n) is 6.72. The average molecular weight is 251 g/mol. The SMILES string of the molecule is CC1CC(NC2CC3CCC2(C)C3(C)C)CCO1. The van der Waals surface area contributed by atoms with Crippen LogP contribution in [0.1, 0.15) is 59.8 Å². The van der Waals surface area contributed by atoms with Crippen LogP contribution in [0.2, 0.25) is 0 Å². The van der Waals surface area contributed by atoms with Crippen molar-refractivity contribution in [3.63, 3.8) is 0 Å². The van der Waals surface area contributed by atoms with E-state index < -0.39 is 0 Å². The van der Waals surface area contributed by atoms with E-state index in [0.29, 0.717) is 23.0 Å². The molecule has 2 nitrogen and oxygen atoms in total. The number of rotatable bonds is 2. The van der Waals surface area contributed by atoms with E-state index in [1.165, 1.54) is 32.1 Å². The van der Waals surface area contributed by atoms with E-state index in [2.05, 4.69) is 33.0 Å². The van der Waals surface area contributed by atoms with E-state index in [9.17, 15) is 0 Å². The molecule has 1 aliphatic heterocycles. The minimum atomic E-state index is 0.440. The first-order chi connectivity index (χ1) is 8.43. The zero-order valence-corrected chi connectivity index (χ0v) is 12.5. The summed E-state index contributed by atoms with van der Waals surface area (Å²) in [4.78, 5) is 0. The number of hydrogen-bond donors (Lipinski definition) is 1. The van der Waals surface area contributed by atoms with E-state index in [0.717, 1.165) is 18.6 Å². The summed E-state index contributed by atoms with van der Waals surface area (Å²) >= 11 is 0. The summed E-state index contributed by atoms with van der Waals surface area (Å²) in [7, 11) is 0. The van der Waals surface area contributed by atoms with Gasteiger partial charge in [-0.05, 0) is 55.8 Å². The van der Waals surface area contributed by atoms with E-state index >= 15 is 0 Å². The molecule has 5 atom stereocenters. The van der Waals surface area contributed by atoms with Crippen LogP contribution in [0.25, 0.3) is 0 Å². The lowest BCUT2D eigenvalue weighted by Gasteiger charge is -2.42. The molecule has 5 unspecified atom stereocenters. The second-order valence-electron chi connectivity index (χ2n) is 7.73. The van der Waals surface area contributed by atoms with Crippen molar-refractivity contribution in [1.82, 2.24) is 5.32 Å². The maximum Gasteiger partial charge on any atom is 0.0561 e. The highest BCUT2D eigenvalue weighted by Gasteiger charge is 2.61. The number of hydrogen-bond acceptors (Lipinski definition) is 2. The fourth-order valence-corrected chi connectivity index (χ4v) is 4.89. The Kier molecular flexibility index (Phi) is 3.02. The van der Waals surface area contributed by atoms with Gasteiger partial charge in [0.1, 0.15) is 0 Å². The Bertz CT molecular complexity index is 327. The molecule has 3 rings (SSSR count). The molecule has 2 heteroatoms. The summed E-state index contributed by atoms with van der Waals surface area (Å²) in [6.07, 6.45) is 7.10. The highest BCUT2D eigenvalue weighted by atomic mass is 16.5. The molecule has 2 aliphatic carbocycles. The summed E-state index contributed by atoms with van der Waals surface area (Å²) in [6, 6.07) is 1.42. The molecule has 0 radical (unpaired) electrons. The smallest absolute Gasteiger partial charge is 0.0561 e. The highest BCUT2D eigenvalue weighted by molar-refractivity contribution is 5.13. The Labute approximate surface area is 112 Å². The van der Waals surface area contributed by atoms with Crippen LogP contribution in [0.15, 0.2) is 0 Å². The third-order valence-corrected chi connectivity index (χ3v) is 6.72. The predicted octanol–water partition coefficient (Wildman–Crippen LogP) is 3.36. The zero-order chi connectivity index (χ0) is 13.0. The first-order valence-electron chi connectivity index (χ1n) is 7.81. The van der Waals surface area contributed by atoms with E-state index in [-0.39, 0.29) is 0 Å². The molecule has 18 heavy (non-hydrogen) atoms. The van der Waals surface area contributed by atoms with Gasteiger partial charge in [0.05, 0.1) is 6.10 Å². The van der Waals surface area contributed by atoms with Gasteiger partial charge in [-0.1, -0.05) is 20.8 Å². The molecule has 2 saturated carbocycles. The van der Waals surface area contributed by atoms with Crippen molar-refractivity contribution in [3.05, 3.63) is 0 Å². The topological polar surface area (TPSA) is 21.3 Å². The standard InChI is InChI=1S/C16H29NO/c1-11-9-13(6-8-18-11)17-14-10-12-5-7-16(14,4)15(12,2)3/h11-14,17H,5-10H2,1-4H3. The molecule has 1 saturated heterocycles. The van der Waals surface area contributed by atoms with Crippen molar-refractivity contribution in [2.45, 2.75) is 78.0 Å². The minimum absolute atomic E-state index is 0.440. The largest absolute Gasteiger partial charge is 0.378 e. The molecule has 3 fully saturated rings. The summed E-state index contributed by atoms with van der Waals surface area (Å²) in [5.41, 5.74) is 1.04. The van der Waals surface area contributed by atoms with Crippen LogP contribution in [-0.4, -0.2) is 24.8 Å². The maximum absolute atomic E-state index is 5.66. The average Bonchev–Trinajstić information content (AvgIpc) is 2.62. The molecule has 0 aromatic heterocycles. The Morgan fingerprint density at radius 3 is 2.44 bits per heavy atom. The van der Waals surface area contributed by atoms with Crippen LogP contribution in [0.5, 0.6) is 0 Å². The molecule has 3 aliphatic rings. The molecule has 0 spiro atoms. The fourth-order valence-electron chi connectivity index (χ4n) is 4.89. The van der Waals surface area contributed by atoms with Gasteiger partial charge in [0, 0.05) is 18.7 Å². The monoisotopic (exact) mass is 251 g/mol. The van der Waals surface area contributed by atoms with Gasteiger partial charge in [0.25, 0.3) is 0 Å². The highest BCUT2D eigenvalue weighted by Crippen LogP contribution is 2.65. The van der Waals surface area contributed by atoms with Gasteiger partial charge in [-0.25, -0.2) is 0 Å². The third kappa shape index (κ3) is 1.76. The number of nitrogens with one attached hydrogen (secondary N) is 1. The first kappa shape index (κ1) is 12.9. The van der Waals surface area contributed by atoms with Crippen molar-refractivity contribution < 1.29 is 4.74 Å². The second-order valence-corrected chi connectivity index (χ2v) is 7.73. The molecular formula is C16H29NO. The van der Waals surface area contributed by atoms with Crippen molar-refractivity contribution in [3.8, 4) is 0 Å². The van der Waals surface area contributed by atoms with Gasteiger partial charge in [0.15, 0.2) is 0 Å². The summed E-state index contributed by atoms with van der Waals surface area (Å²) < 4.78 is 5.66. The fraction of sp³-hybridized carbons (Fsp3) is 1.00. The summed E-state index contributed by atoms with van der Waals surface area (Å²) in [6.45, 7) is 10.7. The van der Waals surface area contributed by atoms with Gasteiger partial charge in [-0.2, -0.15) is 0 Å². The molecular weight excluding hydrogens is 222 g/mol. The normalized spacial score (nSPS) is 50.7. The van der Waals surface area contributed by atoms with Crippen molar-refractivity contribution in [1.29, 1.82) is 0 Å². The lowest BCUT2D eigenvalue weighted by Crippen LogP contribution is -2.50.